The maximum Gasteiger partial charge on any atom is 0.437 e. The number of nitrogens with zero attached hydrogens (tertiary/aromatic N) is 1. The molecule has 0 spiro atoms. The molecule has 18 heavy (non-hydrogen) atoms. The Hall–Kier alpha value is -1.98. The Morgan fingerprint density at radius 2 is 1.89 bits per heavy atom. The van der Waals surface area contributed by atoms with Crippen LogP contribution in [0.2, 0.25) is 0 Å². The third-order valence-corrected chi connectivity index (χ3v) is 2.64. The van der Waals surface area contributed by atoms with E-state index < -0.39 is 11.9 Å². The minimum atomic E-state index is -4.59. The number of benzene rings is 1. The average molecular weight is 256 g/mol. The Labute approximate surface area is 101 Å². The third-order valence-electron chi connectivity index (χ3n) is 2.64. The second-order valence-electron chi connectivity index (χ2n) is 4.09. The van der Waals surface area contributed by atoms with Crippen LogP contribution in [0.3, 0.4) is 0 Å². The van der Waals surface area contributed by atoms with Crippen LogP contribution in [-0.2, 0) is 6.18 Å². The van der Waals surface area contributed by atoms with Gasteiger partial charge in [0.25, 0.3) is 0 Å². The SMILES string of the molecule is Cc1ccc(-c2c(C(F)(F)F)noc2N)c(C)c1. The van der Waals surface area contributed by atoms with Gasteiger partial charge in [0.15, 0.2) is 5.69 Å². The van der Waals surface area contributed by atoms with Gasteiger partial charge in [-0.05, 0) is 25.0 Å². The molecule has 0 atom stereocenters. The zero-order valence-corrected chi connectivity index (χ0v) is 9.80. The minimum absolute atomic E-state index is 0.194. The standard InChI is InChI=1S/C12H11F3N2O/c1-6-3-4-8(7(2)5-6)9-10(12(13,14)15)17-18-11(9)16/h3-5H,16H2,1-2H3. The number of aryl methyl sites for hydroxylation is 2. The number of alkyl halides is 3. The predicted molar refractivity (Wildman–Crippen MR) is 60.8 cm³/mol. The van der Waals surface area contributed by atoms with Crippen molar-refractivity contribution >= 4 is 5.88 Å². The van der Waals surface area contributed by atoms with Gasteiger partial charge < -0.3 is 10.3 Å². The molecule has 1 heterocycles. The van der Waals surface area contributed by atoms with Crippen molar-refractivity contribution in [2.75, 3.05) is 5.73 Å². The average Bonchev–Trinajstić information content (AvgIpc) is 2.60. The number of anilines is 1. The fourth-order valence-corrected chi connectivity index (χ4v) is 1.85. The molecule has 0 amide bonds. The van der Waals surface area contributed by atoms with Gasteiger partial charge in [-0.15, -0.1) is 0 Å². The lowest BCUT2D eigenvalue weighted by Crippen LogP contribution is -2.07. The van der Waals surface area contributed by atoms with Gasteiger partial charge in [-0.1, -0.05) is 28.9 Å². The molecule has 1 aromatic heterocycles. The summed E-state index contributed by atoms with van der Waals surface area (Å²) in [5, 5.41) is 3.00. The van der Waals surface area contributed by atoms with Gasteiger partial charge in [0.05, 0.1) is 5.56 Å². The molecule has 3 nitrogen and oxygen atoms in total. The van der Waals surface area contributed by atoms with E-state index in [9.17, 15) is 13.2 Å². The first-order valence-electron chi connectivity index (χ1n) is 5.20. The van der Waals surface area contributed by atoms with Gasteiger partial charge in [-0.3, -0.25) is 0 Å². The highest BCUT2D eigenvalue weighted by atomic mass is 19.4. The van der Waals surface area contributed by atoms with Crippen LogP contribution >= 0.6 is 0 Å². The quantitative estimate of drug-likeness (QED) is 0.848. The molecule has 2 aromatic rings. The molecule has 96 valence electrons. The van der Waals surface area contributed by atoms with E-state index in [0.29, 0.717) is 11.1 Å². The molecule has 1 aromatic carbocycles. The summed E-state index contributed by atoms with van der Waals surface area (Å²) in [5.74, 6) is -0.325. The Balaban J connectivity index is 2.67. The number of hydrogen-bond donors (Lipinski definition) is 1. The van der Waals surface area contributed by atoms with Crippen molar-refractivity contribution in [3.05, 3.63) is 35.0 Å². The summed E-state index contributed by atoms with van der Waals surface area (Å²) >= 11 is 0. The summed E-state index contributed by atoms with van der Waals surface area (Å²) in [6.45, 7) is 3.58. The number of nitrogen functional groups attached to an aromatic ring is 1. The molecule has 0 saturated carbocycles. The smallest absolute Gasteiger partial charge is 0.367 e. The Morgan fingerprint density at radius 3 is 2.44 bits per heavy atom. The molecule has 6 heteroatoms. The maximum atomic E-state index is 12.8. The number of halogens is 3. The van der Waals surface area contributed by atoms with Crippen LogP contribution in [0, 0.1) is 13.8 Å². The molecule has 0 aliphatic rings. The van der Waals surface area contributed by atoms with Crippen LogP contribution in [0.15, 0.2) is 22.7 Å². The highest BCUT2D eigenvalue weighted by molar-refractivity contribution is 5.78. The van der Waals surface area contributed by atoms with E-state index in [4.69, 9.17) is 5.73 Å². The molecule has 2 N–H and O–H groups in total. The first-order valence-corrected chi connectivity index (χ1v) is 5.20. The van der Waals surface area contributed by atoms with Gasteiger partial charge in [0.1, 0.15) is 0 Å². The molecule has 2 rings (SSSR count). The Bertz CT molecular complexity index is 587. The zero-order valence-electron chi connectivity index (χ0n) is 9.80. The highest BCUT2D eigenvalue weighted by Crippen LogP contribution is 2.40. The molecule has 0 saturated heterocycles. The van der Waals surface area contributed by atoms with Crippen LogP contribution in [0.25, 0.3) is 11.1 Å². The zero-order chi connectivity index (χ0) is 13.5. The summed E-state index contributed by atoms with van der Waals surface area (Å²) in [6.07, 6.45) is -4.59. The lowest BCUT2D eigenvalue weighted by atomic mass is 9.98. The monoisotopic (exact) mass is 256 g/mol. The van der Waals surface area contributed by atoms with E-state index in [1.54, 1.807) is 25.1 Å². The lowest BCUT2D eigenvalue weighted by molar-refractivity contribution is -0.142. The van der Waals surface area contributed by atoms with Crippen molar-refractivity contribution in [3.8, 4) is 11.1 Å². The van der Waals surface area contributed by atoms with E-state index >= 15 is 0 Å². The van der Waals surface area contributed by atoms with Gasteiger partial charge in [0.2, 0.25) is 5.88 Å². The van der Waals surface area contributed by atoms with Crippen LogP contribution in [0.5, 0.6) is 0 Å². The summed E-state index contributed by atoms with van der Waals surface area (Å²) in [5.41, 5.74) is 6.19. The fraction of sp³-hybridized carbons (Fsp3) is 0.250. The third kappa shape index (κ3) is 2.05. The van der Waals surface area contributed by atoms with E-state index in [-0.39, 0.29) is 11.4 Å². The van der Waals surface area contributed by atoms with Crippen molar-refractivity contribution in [1.29, 1.82) is 0 Å². The Morgan fingerprint density at radius 1 is 1.22 bits per heavy atom. The Kier molecular flexibility index (Phi) is 2.80. The number of hydrogen-bond acceptors (Lipinski definition) is 3. The largest absolute Gasteiger partial charge is 0.437 e. The van der Waals surface area contributed by atoms with Gasteiger partial charge in [-0.2, -0.15) is 13.2 Å². The number of rotatable bonds is 1. The van der Waals surface area contributed by atoms with E-state index in [0.717, 1.165) is 5.56 Å². The van der Waals surface area contributed by atoms with Crippen LogP contribution < -0.4 is 5.73 Å². The van der Waals surface area contributed by atoms with Crippen molar-refractivity contribution in [3.63, 3.8) is 0 Å². The molecule has 0 bridgehead atoms. The van der Waals surface area contributed by atoms with Gasteiger partial charge >= 0.3 is 6.18 Å². The minimum Gasteiger partial charge on any atom is -0.367 e. The normalized spacial score (nSPS) is 11.8. The summed E-state index contributed by atoms with van der Waals surface area (Å²) in [4.78, 5) is 0. The second-order valence-corrected chi connectivity index (χ2v) is 4.09. The predicted octanol–water partition coefficient (Wildman–Crippen LogP) is 3.56. The first-order chi connectivity index (χ1) is 8.30. The fourth-order valence-electron chi connectivity index (χ4n) is 1.85. The first kappa shape index (κ1) is 12.5. The van der Waals surface area contributed by atoms with E-state index in [2.05, 4.69) is 9.68 Å². The second kappa shape index (κ2) is 4.04. The molecular formula is C12H11F3N2O. The summed E-state index contributed by atoms with van der Waals surface area (Å²) in [6, 6.07) is 5.08. The topological polar surface area (TPSA) is 52.0 Å². The van der Waals surface area contributed by atoms with Crippen molar-refractivity contribution in [1.82, 2.24) is 5.16 Å². The van der Waals surface area contributed by atoms with Crippen molar-refractivity contribution in [2.24, 2.45) is 0 Å². The number of aromatic nitrogens is 1. The molecule has 0 radical (unpaired) electrons. The molecule has 0 aliphatic heterocycles. The molecule has 0 unspecified atom stereocenters. The van der Waals surface area contributed by atoms with Crippen LogP contribution in [0.1, 0.15) is 16.8 Å². The number of nitrogens with two attached hydrogens (primary N) is 1. The highest BCUT2D eigenvalue weighted by Gasteiger charge is 2.39. The van der Waals surface area contributed by atoms with Gasteiger partial charge in [0, 0.05) is 0 Å². The van der Waals surface area contributed by atoms with E-state index in [1.807, 2.05) is 6.92 Å². The van der Waals surface area contributed by atoms with Crippen LogP contribution in [0.4, 0.5) is 19.1 Å². The summed E-state index contributed by atoms with van der Waals surface area (Å²) in [7, 11) is 0. The summed E-state index contributed by atoms with van der Waals surface area (Å²) < 4.78 is 42.8. The van der Waals surface area contributed by atoms with Crippen LogP contribution in [-0.4, -0.2) is 5.16 Å². The molecule has 0 aliphatic carbocycles. The van der Waals surface area contributed by atoms with Crippen molar-refractivity contribution in [2.45, 2.75) is 20.0 Å². The molecule has 0 fully saturated rings. The van der Waals surface area contributed by atoms with Gasteiger partial charge in [-0.25, -0.2) is 0 Å². The molecular weight excluding hydrogens is 245 g/mol. The van der Waals surface area contributed by atoms with Crippen molar-refractivity contribution < 1.29 is 17.7 Å². The lowest BCUT2D eigenvalue weighted by Gasteiger charge is -2.09. The van der Waals surface area contributed by atoms with E-state index in [1.165, 1.54) is 0 Å². The maximum absolute atomic E-state index is 12.8.